The van der Waals surface area contributed by atoms with Gasteiger partial charge in [-0.2, -0.15) is 21.0 Å². The predicted octanol–water partition coefficient (Wildman–Crippen LogP) is 3.64. The average Bonchev–Trinajstić information content (AvgIpc) is 3.25. The zero-order chi connectivity index (χ0) is 17.2. The molecule has 0 spiro atoms. The highest BCUT2D eigenvalue weighted by molar-refractivity contribution is 5.59. The second-order valence-corrected chi connectivity index (χ2v) is 5.48. The molecule has 1 fully saturated rings. The Balaban J connectivity index is 1.99. The number of nitriles is 4. The predicted molar refractivity (Wildman–Crippen MR) is 83.0 cm³/mol. The fraction of sp³-hybridized carbons (Fsp3) is 0.158. The highest BCUT2D eigenvalue weighted by Gasteiger charge is 2.82. The molecule has 1 aliphatic carbocycles. The lowest BCUT2D eigenvalue weighted by molar-refractivity contribution is 0.482. The molecule has 0 unspecified atom stereocenters. The Morgan fingerprint density at radius 3 is 1.79 bits per heavy atom. The second kappa shape index (κ2) is 5.44. The summed E-state index contributed by atoms with van der Waals surface area (Å²) in [5, 5.41) is 37.5. The van der Waals surface area contributed by atoms with Gasteiger partial charge in [-0.25, -0.2) is 0 Å². The first kappa shape index (κ1) is 15.1. The summed E-state index contributed by atoms with van der Waals surface area (Å²) in [5.74, 6) is 0.374. The maximum atomic E-state index is 9.38. The van der Waals surface area contributed by atoms with Gasteiger partial charge in [-0.3, -0.25) is 0 Å². The maximum absolute atomic E-state index is 9.38. The van der Waals surface area contributed by atoms with Gasteiger partial charge in [-0.1, -0.05) is 30.3 Å². The number of nitrogens with zero attached hydrogens (tertiary/aromatic N) is 4. The fourth-order valence-electron chi connectivity index (χ4n) is 3.02. The first-order valence-corrected chi connectivity index (χ1v) is 7.15. The van der Waals surface area contributed by atoms with Crippen LogP contribution in [-0.2, 0) is 0 Å². The molecular formula is C19H10N4O. The van der Waals surface area contributed by atoms with E-state index in [-0.39, 0.29) is 0 Å². The van der Waals surface area contributed by atoms with Crippen LogP contribution in [0.15, 0.2) is 54.6 Å². The molecule has 1 aliphatic rings. The summed E-state index contributed by atoms with van der Waals surface area (Å²) in [5.41, 5.74) is -2.74. The monoisotopic (exact) mass is 310 g/mol. The van der Waals surface area contributed by atoms with Crippen molar-refractivity contribution in [1.29, 1.82) is 21.0 Å². The minimum atomic E-state index is -1.65. The van der Waals surface area contributed by atoms with Gasteiger partial charge < -0.3 is 4.74 Å². The first-order valence-electron chi connectivity index (χ1n) is 7.15. The van der Waals surface area contributed by atoms with Gasteiger partial charge in [0.15, 0.2) is 10.8 Å². The lowest BCUT2D eigenvalue weighted by Gasteiger charge is -2.07. The summed E-state index contributed by atoms with van der Waals surface area (Å²) in [4.78, 5) is 0. The van der Waals surface area contributed by atoms with Crippen molar-refractivity contribution < 1.29 is 4.74 Å². The normalized spacial score (nSPS) is 16.7. The second-order valence-electron chi connectivity index (χ2n) is 5.48. The third-order valence-electron chi connectivity index (χ3n) is 4.28. The van der Waals surface area contributed by atoms with Crippen molar-refractivity contribution in [3.05, 3.63) is 60.2 Å². The van der Waals surface area contributed by atoms with E-state index in [2.05, 4.69) is 0 Å². The average molecular weight is 310 g/mol. The van der Waals surface area contributed by atoms with Gasteiger partial charge in [0, 0.05) is 0 Å². The van der Waals surface area contributed by atoms with Crippen LogP contribution < -0.4 is 4.74 Å². The van der Waals surface area contributed by atoms with E-state index in [9.17, 15) is 21.0 Å². The van der Waals surface area contributed by atoms with Crippen LogP contribution >= 0.6 is 0 Å². The SMILES string of the molecule is N#CC1(C#N)C(c2cccc(Oc3ccccc3)c2)C1(C#N)C#N. The summed E-state index contributed by atoms with van der Waals surface area (Å²) in [6, 6.07) is 23.4. The van der Waals surface area contributed by atoms with Crippen molar-refractivity contribution in [2.45, 2.75) is 5.92 Å². The van der Waals surface area contributed by atoms with Crippen molar-refractivity contribution in [3.8, 4) is 35.8 Å². The van der Waals surface area contributed by atoms with Crippen LogP contribution in [0.2, 0.25) is 0 Å². The van der Waals surface area contributed by atoms with Crippen molar-refractivity contribution in [2.24, 2.45) is 10.8 Å². The van der Waals surface area contributed by atoms with Gasteiger partial charge in [0.25, 0.3) is 0 Å². The van der Waals surface area contributed by atoms with Gasteiger partial charge in [0.1, 0.15) is 11.5 Å². The zero-order valence-corrected chi connectivity index (χ0v) is 12.5. The maximum Gasteiger partial charge on any atom is 0.185 e. The number of hydrogen-bond donors (Lipinski definition) is 0. The van der Waals surface area contributed by atoms with Crippen molar-refractivity contribution in [2.75, 3.05) is 0 Å². The van der Waals surface area contributed by atoms with Crippen LogP contribution in [-0.4, -0.2) is 0 Å². The van der Waals surface area contributed by atoms with Crippen molar-refractivity contribution in [1.82, 2.24) is 0 Å². The van der Waals surface area contributed by atoms with E-state index in [1.165, 1.54) is 0 Å². The molecule has 24 heavy (non-hydrogen) atoms. The quantitative estimate of drug-likeness (QED) is 0.860. The Morgan fingerprint density at radius 1 is 0.708 bits per heavy atom. The topological polar surface area (TPSA) is 104 Å². The first-order chi connectivity index (χ1) is 11.7. The Hall–Kier alpha value is -3.80. The molecule has 5 nitrogen and oxygen atoms in total. The molecule has 0 radical (unpaired) electrons. The van der Waals surface area contributed by atoms with Crippen LogP contribution in [0.1, 0.15) is 11.5 Å². The van der Waals surface area contributed by atoms with Crippen LogP contribution in [0.3, 0.4) is 0 Å². The molecule has 0 bridgehead atoms. The molecule has 0 amide bonds. The Morgan fingerprint density at radius 2 is 1.25 bits per heavy atom. The van der Waals surface area contributed by atoms with Crippen LogP contribution in [0.4, 0.5) is 0 Å². The number of hydrogen-bond acceptors (Lipinski definition) is 5. The van der Waals surface area contributed by atoms with Crippen molar-refractivity contribution >= 4 is 0 Å². The molecule has 0 aliphatic heterocycles. The van der Waals surface area contributed by atoms with Gasteiger partial charge >= 0.3 is 0 Å². The summed E-state index contributed by atoms with van der Waals surface area (Å²) >= 11 is 0. The molecule has 3 rings (SSSR count). The number of rotatable bonds is 3. The number of ether oxygens (including phenoxy) is 1. The third kappa shape index (κ3) is 1.90. The number of para-hydroxylation sites is 1. The van der Waals surface area contributed by atoms with E-state index >= 15 is 0 Å². The van der Waals surface area contributed by atoms with E-state index in [1.807, 2.05) is 42.5 Å². The van der Waals surface area contributed by atoms with E-state index in [1.54, 1.807) is 36.4 Å². The van der Waals surface area contributed by atoms with Gasteiger partial charge in [-0.15, -0.1) is 0 Å². The Labute approximate surface area is 139 Å². The molecule has 2 aromatic carbocycles. The molecule has 0 N–H and O–H groups in total. The molecular weight excluding hydrogens is 300 g/mol. The fourth-order valence-corrected chi connectivity index (χ4v) is 3.02. The summed E-state index contributed by atoms with van der Waals surface area (Å²) < 4.78 is 5.74. The standard InChI is InChI=1S/C19H10N4O/c20-10-18(11-21)17(19(18,12-22)13-23)14-5-4-8-16(9-14)24-15-6-2-1-3-7-15/h1-9,17H. The molecule has 5 heteroatoms. The van der Waals surface area contributed by atoms with Gasteiger partial charge in [-0.05, 0) is 29.8 Å². The minimum Gasteiger partial charge on any atom is -0.457 e. The molecule has 112 valence electrons. The number of benzene rings is 2. The highest BCUT2D eigenvalue weighted by Crippen LogP contribution is 2.73. The highest BCUT2D eigenvalue weighted by atomic mass is 16.5. The van der Waals surface area contributed by atoms with Gasteiger partial charge in [0.2, 0.25) is 0 Å². The third-order valence-corrected chi connectivity index (χ3v) is 4.28. The van der Waals surface area contributed by atoms with E-state index < -0.39 is 16.7 Å². The minimum absolute atomic E-state index is 0.514. The smallest absolute Gasteiger partial charge is 0.185 e. The molecule has 0 heterocycles. The van der Waals surface area contributed by atoms with Crippen LogP contribution in [0.25, 0.3) is 0 Å². The lowest BCUT2D eigenvalue weighted by atomic mass is 9.98. The van der Waals surface area contributed by atoms with Crippen LogP contribution in [0, 0.1) is 56.2 Å². The van der Waals surface area contributed by atoms with Crippen molar-refractivity contribution in [3.63, 3.8) is 0 Å². The zero-order valence-electron chi connectivity index (χ0n) is 12.5. The Bertz CT molecular complexity index is 888. The molecule has 0 saturated heterocycles. The molecule has 0 aromatic heterocycles. The van der Waals surface area contributed by atoms with E-state index in [0.717, 1.165) is 0 Å². The van der Waals surface area contributed by atoms with Crippen LogP contribution in [0.5, 0.6) is 11.5 Å². The summed E-state index contributed by atoms with van der Waals surface area (Å²) in [6.07, 6.45) is 0. The molecule has 2 aromatic rings. The molecule has 0 atom stereocenters. The Kier molecular flexibility index (Phi) is 3.42. The lowest BCUT2D eigenvalue weighted by Crippen LogP contribution is -2.05. The van der Waals surface area contributed by atoms with E-state index in [0.29, 0.717) is 17.1 Å². The largest absolute Gasteiger partial charge is 0.457 e. The molecule has 1 saturated carbocycles. The summed E-state index contributed by atoms with van der Waals surface area (Å²) in [6.45, 7) is 0. The van der Waals surface area contributed by atoms with E-state index in [4.69, 9.17) is 4.74 Å². The van der Waals surface area contributed by atoms with Gasteiger partial charge in [0.05, 0.1) is 30.2 Å². The summed E-state index contributed by atoms with van der Waals surface area (Å²) in [7, 11) is 0.